The van der Waals surface area contributed by atoms with E-state index in [1.807, 2.05) is 0 Å². The summed E-state index contributed by atoms with van der Waals surface area (Å²) in [6.07, 6.45) is 36.1. The zero-order chi connectivity index (χ0) is 34.2. The summed E-state index contributed by atoms with van der Waals surface area (Å²) >= 11 is 0. The normalized spacial score (nSPS) is 11.8. The summed E-state index contributed by atoms with van der Waals surface area (Å²) in [5.41, 5.74) is 4.78. The van der Waals surface area contributed by atoms with Crippen molar-refractivity contribution < 1.29 is 92.6 Å². The molecule has 1 unspecified atom stereocenters. The van der Waals surface area contributed by atoms with Crippen LogP contribution in [0, 0.1) is 0 Å². The van der Waals surface area contributed by atoms with E-state index in [-0.39, 0.29) is 78.9 Å². The first kappa shape index (κ1) is 56.7. The quantitative estimate of drug-likeness (QED) is 0.0567. The van der Waals surface area contributed by atoms with Crippen LogP contribution in [-0.4, -0.2) is 50.8 Å². The number of rotatable bonds is 37. The van der Waals surface area contributed by atoms with E-state index in [0.717, 1.165) is 25.7 Å². The van der Waals surface area contributed by atoms with Gasteiger partial charge >= 0.3 is 59.1 Å². The summed E-state index contributed by atoms with van der Waals surface area (Å²) in [5.74, 6) is 0. The molecule has 0 aromatic heterocycles. The average Bonchev–Trinajstić information content (AvgIpc) is 3.04. The minimum Gasteiger partial charge on any atom is -0.790 e. The number of nitrogens with two attached hydrogens (primary N) is 1. The molecule has 0 amide bonds. The zero-order valence-electron chi connectivity index (χ0n) is 32.5. The van der Waals surface area contributed by atoms with E-state index in [4.69, 9.17) is 20.3 Å². The second-order valence-corrected chi connectivity index (χ2v) is 14.2. The van der Waals surface area contributed by atoms with E-state index in [1.165, 1.54) is 154 Å². The third-order valence-corrected chi connectivity index (χ3v) is 8.81. The van der Waals surface area contributed by atoms with E-state index in [0.29, 0.717) is 19.8 Å². The van der Waals surface area contributed by atoms with E-state index in [1.54, 1.807) is 0 Å². The van der Waals surface area contributed by atoms with Crippen LogP contribution in [0.2, 0.25) is 0 Å². The molecule has 0 heterocycles. The van der Waals surface area contributed by atoms with Gasteiger partial charge in [0, 0.05) is 19.8 Å². The maximum absolute atomic E-state index is 10.9. The molecule has 0 bridgehead atoms. The molecule has 0 aliphatic heterocycles. The monoisotopic (exact) mass is 726 g/mol. The minimum absolute atomic E-state index is 0. The van der Waals surface area contributed by atoms with Gasteiger partial charge in [-0.1, -0.05) is 181 Å². The van der Waals surface area contributed by atoms with Crippen LogP contribution in [0.4, 0.5) is 0 Å². The molecular formula is C37H78NNa2O7P. The van der Waals surface area contributed by atoms with Gasteiger partial charge in [0.2, 0.25) is 0 Å². The number of phosphoric ester groups is 1. The molecule has 0 spiro atoms. The fraction of sp³-hybridized carbons (Fsp3) is 1.00. The van der Waals surface area contributed by atoms with Crippen molar-refractivity contribution >= 4 is 7.82 Å². The molecule has 0 aromatic rings. The second-order valence-electron chi connectivity index (χ2n) is 13.0. The van der Waals surface area contributed by atoms with Crippen LogP contribution in [0.15, 0.2) is 0 Å². The molecule has 1 atom stereocenters. The molecular weight excluding hydrogens is 647 g/mol. The van der Waals surface area contributed by atoms with Crippen LogP contribution in [0.1, 0.15) is 194 Å². The van der Waals surface area contributed by atoms with Gasteiger partial charge in [0.05, 0.1) is 27.6 Å². The number of phosphoric acid groups is 1. The van der Waals surface area contributed by atoms with Crippen molar-refractivity contribution in [2.45, 2.75) is 200 Å². The van der Waals surface area contributed by atoms with Crippen LogP contribution in [0.5, 0.6) is 0 Å². The maximum atomic E-state index is 10.9. The smallest absolute Gasteiger partial charge is 0.790 e. The van der Waals surface area contributed by atoms with Crippen molar-refractivity contribution in [3.63, 3.8) is 0 Å². The summed E-state index contributed by atoms with van der Waals surface area (Å²) < 4.78 is 27.0. The summed E-state index contributed by atoms with van der Waals surface area (Å²) in [4.78, 5) is 21.9. The summed E-state index contributed by atoms with van der Waals surface area (Å²) in [7, 11) is -5.01. The first-order chi connectivity index (χ1) is 22.4. The SMILES string of the molecule is CCCCCCCCCCCCCCCCOCC(COP(=O)([O-])[O-])OCCCCCCCCCCCCCCCC.NCCO.[Na+].[Na+]. The summed E-state index contributed by atoms with van der Waals surface area (Å²) in [6.45, 7) is 6.17. The average molecular weight is 726 g/mol. The van der Waals surface area contributed by atoms with Crippen LogP contribution < -0.4 is 74.6 Å². The largest absolute Gasteiger partial charge is 1.00 e. The van der Waals surface area contributed by atoms with Gasteiger partial charge in [0.1, 0.15) is 6.10 Å². The summed E-state index contributed by atoms with van der Waals surface area (Å²) in [6, 6.07) is 0. The van der Waals surface area contributed by atoms with Gasteiger partial charge < -0.3 is 39.2 Å². The topological polar surface area (TPSA) is 137 Å². The number of hydrogen-bond donors (Lipinski definition) is 2. The number of aliphatic hydroxyl groups excluding tert-OH is 1. The predicted molar refractivity (Wildman–Crippen MR) is 191 cm³/mol. The Morgan fingerprint density at radius 3 is 1.12 bits per heavy atom. The Hall–Kier alpha value is 1.95. The molecule has 280 valence electrons. The van der Waals surface area contributed by atoms with E-state index in [2.05, 4.69) is 18.4 Å². The minimum atomic E-state index is -5.01. The molecule has 0 aliphatic rings. The number of hydrogen-bond acceptors (Lipinski definition) is 8. The van der Waals surface area contributed by atoms with Crippen LogP contribution in [0.3, 0.4) is 0 Å². The molecule has 0 fully saturated rings. The molecule has 8 nitrogen and oxygen atoms in total. The molecule has 3 N–H and O–H groups in total. The van der Waals surface area contributed by atoms with Crippen LogP contribution in [-0.2, 0) is 18.6 Å². The molecule has 48 heavy (non-hydrogen) atoms. The third kappa shape index (κ3) is 54.7. The first-order valence-corrected chi connectivity index (χ1v) is 21.0. The second kappa shape index (κ2) is 49.0. The molecule has 0 radical (unpaired) electrons. The predicted octanol–water partition coefficient (Wildman–Crippen LogP) is 3.14. The molecule has 0 rings (SSSR count). The molecule has 0 saturated carbocycles. The maximum Gasteiger partial charge on any atom is 1.00 e. The van der Waals surface area contributed by atoms with Crippen molar-refractivity contribution in [2.75, 3.05) is 39.6 Å². The molecule has 11 heteroatoms. The Balaban J connectivity index is -0.00000152. The van der Waals surface area contributed by atoms with Crippen molar-refractivity contribution in [2.24, 2.45) is 5.73 Å². The zero-order valence-corrected chi connectivity index (χ0v) is 37.4. The van der Waals surface area contributed by atoms with Crippen molar-refractivity contribution in [3.8, 4) is 0 Å². The molecule has 0 saturated heterocycles. The number of aliphatic hydroxyl groups is 1. The first-order valence-electron chi connectivity index (χ1n) is 19.6. The van der Waals surface area contributed by atoms with Gasteiger partial charge in [-0.3, -0.25) is 0 Å². The molecule has 0 aromatic carbocycles. The molecule has 0 aliphatic carbocycles. The van der Waals surface area contributed by atoms with Gasteiger partial charge in [-0.15, -0.1) is 0 Å². The van der Waals surface area contributed by atoms with Crippen molar-refractivity contribution in [3.05, 3.63) is 0 Å². The number of ether oxygens (including phenoxy) is 2. The van der Waals surface area contributed by atoms with Crippen molar-refractivity contribution in [1.29, 1.82) is 0 Å². The fourth-order valence-corrected chi connectivity index (χ4v) is 5.83. The number of unbranched alkanes of at least 4 members (excludes halogenated alkanes) is 26. The fourth-order valence-electron chi connectivity index (χ4n) is 5.48. The Morgan fingerprint density at radius 1 is 0.542 bits per heavy atom. The van der Waals surface area contributed by atoms with Gasteiger partial charge in [0.25, 0.3) is 0 Å². The Bertz CT molecular complexity index is 604. The Morgan fingerprint density at radius 2 is 0.833 bits per heavy atom. The summed E-state index contributed by atoms with van der Waals surface area (Å²) in [5, 5.41) is 7.75. The van der Waals surface area contributed by atoms with Gasteiger partial charge in [0.15, 0.2) is 0 Å². The van der Waals surface area contributed by atoms with Crippen molar-refractivity contribution in [1.82, 2.24) is 0 Å². The Kier molecular flexibility index (Phi) is 57.8. The van der Waals surface area contributed by atoms with E-state index < -0.39 is 13.9 Å². The van der Waals surface area contributed by atoms with E-state index in [9.17, 15) is 14.4 Å². The third-order valence-electron chi connectivity index (χ3n) is 8.35. The standard InChI is InChI=1S/C35H73O6P.C2H7NO.2Na/c1-3-5-7-9-11-13-15-17-19-21-23-25-27-29-31-39-33-35(34-41-42(36,37)38)40-32-30-28-26-24-22-20-18-16-14-12-10-8-6-4-2;3-1-2-4;;/h35H,3-34H2,1-2H3,(H2,36,37,38);4H,1-3H2;;/q;;2*+1/p-2. The Labute approximate surface area is 342 Å². The van der Waals surface area contributed by atoms with Crippen LogP contribution >= 0.6 is 7.82 Å². The van der Waals surface area contributed by atoms with Gasteiger partial charge in [-0.2, -0.15) is 0 Å². The van der Waals surface area contributed by atoms with E-state index >= 15 is 0 Å². The van der Waals surface area contributed by atoms with Crippen LogP contribution in [0.25, 0.3) is 0 Å². The van der Waals surface area contributed by atoms with Gasteiger partial charge in [-0.05, 0) is 12.8 Å². The van der Waals surface area contributed by atoms with Gasteiger partial charge in [-0.25, -0.2) is 0 Å².